The predicted molar refractivity (Wildman–Crippen MR) is 68.8 cm³/mol. The van der Waals surface area contributed by atoms with Gasteiger partial charge in [0, 0.05) is 36.5 Å². The van der Waals surface area contributed by atoms with E-state index in [1.165, 1.54) is 12.1 Å². The van der Waals surface area contributed by atoms with Crippen molar-refractivity contribution in [1.82, 2.24) is 4.90 Å². The Balaban J connectivity index is 2.95. The maximum absolute atomic E-state index is 13.5. The third-order valence-corrected chi connectivity index (χ3v) is 2.89. The van der Waals surface area contributed by atoms with Crippen LogP contribution in [0.3, 0.4) is 0 Å². The van der Waals surface area contributed by atoms with Crippen molar-refractivity contribution in [3.05, 3.63) is 29.1 Å². The van der Waals surface area contributed by atoms with Gasteiger partial charge in [0.1, 0.15) is 5.82 Å². The molecule has 0 saturated carbocycles. The maximum Gasteiger partial charge on any atom is 0.254 e. The molecule has 1 aromatic rings. The van der Waals surface area contributed by atoms with Gasteiger partial charge in [-0.05, 0) is 32.4 Å². The van der Waals surface area contributed by atoms with E-state index < -0.39 is 5.82 Å². The van der Waals surface area contributed by atoms with E-state index in [4.69, 9.17) is 10.8 Å². The van der Waals surface area contributed by atoms with Crippen molar-refractivity contribution in [1.29, 1.82) is 0 Å². The van der Waals surface area contributed by atoms with Crippen LogP contribution in [0.25, 0.3) is 0 Å². The Kier molecular flexibility index (Phi) is 5.09. The molecule has 1 rings (SSSR count). The monoisotopic (exact) mass is 254 g/mol. The van der Waals surface area contributed by atoms with Gasteiger partial charge in [-0.25, -0.2) is 4.39 Å². The standard InChI is InChI=1S/C13H19FN2O2/c1-3-16(5-4-6-17)13(18)10-7-11(14)9(2)12(15)8-10/h7-8,17H,3-6,15H2,1-2H3. The zero-order chi connectivity index (χ0) is 13.7. The number of rotatable bonds is 5. The molecular formula is C13H19FN2O2. The highest BCUT2D eigenvalue weighted by Gasteiger charge is 2.16. The second-order valence-corrected chi connectivity index (χ2v) is 4.13. The first-order valence-electron chi connectivity index (χ1n) is 5.97. The van der Waals surface area contributed by atoms with Gasteiger partial charge in [0.05, 0.1) is 0 Å². The highest BCUT2D eigenvalue weighted by Crippen LogP contribution is 2.18. The number of aliphatic hydroxyl groups excluding tert-OH is 1. The second-order valence-electron chi connectivity index (χ2n) is 4.13. The van der Waals surface area contributed by atoms with Crippen LogP contribution in [0.5, 0.6) is 0 Å². The largest absolute Gasteiger partial charge is 0.398 e. The molecule has 5 heteroatoms. The number of carbonyl (C=O) groups is 1. The van der Waals surface area contributed by atoms with Crippen LogP contribution in [0, 0.1) is 12.7 Å². The van der Waals surface area contributed by atoms with Gasteiger partial charge in [0.15, 0.2) is 0 Å². The Morgan fingerprint density at radius 1 is 1.50 bits per heavy atom. The van der Waals surface area contributed by atoms with Crippen molar-refractivity contribution in [2.75, 3.05) is 25.4 Å². The van der Waals surface area contributed by atoms with E-state index in [1.54, 1.807) is 11.8 Å². The summed E-state index contributed by atoms with van der Waals surface area (Å²) in [5.41, 5.74) is 6.52. The Hall–Kier alpha value is -1.62. The predicted octanol–water partition coefficient (Wildman–Crippen LogP) is 1.56. The van der Waals surface area contributed by atoms with E-state index in [-0.39, 0.29) is 23.8 Å². The molecule has 18 heavy (non-hydrogen) atoms. The fourth-order valence-corrected chi connectivity index (χ4v) is 1.67. The third-order valence-electron chi connectivity index (χ3n) is 2.89. The lowest BCUT2D eigenvalue weighted by molar-refractivity contribution is 0.0754. The molecular weight excluding hydrogens is 235 g/mol. The van der Waals surface area contributed by atoms with Gasteiger partial charge in [0.2, 0.25) is 0 Å². The number of amides is 1. The molecule has 0 aliphatic heterocycles. The lowest BCUT2D eigenvalue weighted by Crippen LogP contribution is -2.32. The molecule has 3 N–H and O–H groups in total. The minimum atomic E-state index is -0.475. The molecule has 0 saturated heterocycles. The number of carbonyl (C=O) groups excluding carboxylic acids is 1. The van der Waals surface area contributed by atoms with Gasteiger partial charge in [-0.15, -0.1) is 0 Å². The van der Waals surface area contributed by atoms with Crippen LogP contribution >= 0.6 is 0 Å². The van der Waals surface area contributed by atoms with E-state index in [0.717, 1.165) is 0 Å². The van der Waals surface area contributed by atoms with E-state index in [2.05, 4.69) is 0 Å². The molecule has 0 atom stereocenters. The molecule has 0 spiro atoms. The summed E-state index contributed by atoms with van der Waals surface area (Å²) in [6.45, 7) is 4.38. The first-order valence-corrected chi connectivity index (χ1v) is 5.97. The van der Waals surface area contributed by atoms with Crippen LogP contribution in [0.4, 0.5) is 10.1 Å². The molecule has 100 valence electrons. The number of anilines is 1. The van der Waals surface area contributed by atoms with Crippen LogP contribution in [-0.4, -0.2) is 35.6 Å². The number of nitrogens with two attached hydrogens (primary N) is 1. The fourth-order valence-electron chi connectivity index (χ4n) is 1.67. The van der Waals surface area contributed by atoms with Gasteiger partial charge < -0.3 is 15.7 Å². The Morgan fingerprint density at radius 3 is 2.67 bits per heavy atom. The smallest absolute Gasteiger partial charge is 0.254 e. The van der Waals surface area contributed by atoms with Crippen molar-refractivity contribution >= 4 is 11.6 Å². The lowest BCUT2D eigenvalue weighted by Gasteiger charge is -2.21. The number of aliphatic hydroxyl groups is 1. The van der Waals surface area contributed by atoms with Crippen molar-refractivity contribution in [3.8, 4) is 0 Å². The molecule has 0 aliphatic carbocycles. The summed E-state index contributed by atoms with van der Waals surface area (Å²) in [6, 6.07) is 2.69. The number of hydrogen-bond acceptors (Lipinski definition) is 3. The number of hydrogen-bond donors (Lipinski definition) is 2. The third kappa shape index (κ3) is 3.20. The Morgan fingerprint density at radius 2 is 2.17 bits per heavy atom. The number of nitrogen functional groups attached to an aromatic ring is 1. The van der Waals surface area contributed by atoms with Crippen LogP contribution in [0.1, 0.15) is 29.3 Å². The highest BCUT2D eigenvalue weighted by molar-refractivity contribution is 5.95. The summed E-state index contributed by atoms with van der Waals surface area (Å²) in [5, 5.41) is 8.77. The average Bonchev–Trinajstić information content (AvgIpc) is 2.36. The summed E-state index contributed by atoms with van der Waals surface area (Å²) in [4.78, 5) is 13.7. The molecule has 0 aliphatic rings. The van der Waals surface area contributed by atoms with E-state index >= 15 is 0 Å². The number of benzene rings is 1. The van der Waals surface area contributed by atoms with Crippen LogP contribution in [0.15, 0.2) is 12.1 Å². The van der Waals surface area contributed by atoms with Crippen LogP contribution in [-0.2, 0) is 0 Å². The maximum atomic E-state index is 13.5. The molecule has 0 heterocycles. The summed E-state index contributed by atoms with van der Waals surface area (Å²) in [6.07, 6.45) is 0.503. The summed E-state index contributed by atoms with van der Waals surface area (Å²) >= 11 is 0. The molecule has 1 amide bonds. The zero-order valence-electron chi connectivity index (χ0n) is 10.7. The van der Waals surface area contributed by atoms with Gasteiger partial charge in [-0.2, -0.15) is 0 Å². The van der Waals surface area contributed by atoms with Gasteiger partial charge in [0.25, 0.3) is 5.91 Å². The number of halogens is 1. The van der Waals surface area contributed by atoms with Crippen LogP contribution < -0.4 is 5.73 Å². The second kappa shape index (κ2) is 6.35. The minimum Gasteiger partial charge on any atom is -0.398 e. The molecule has 0 unspecified atom stereocenters. The Bertz CT molecular complexity index is 412. The van der Waals surface area contributed by atoms with Gasteiger partial charge in [-0.1, -0.05) is 0 Å². The zero-order valence-corrected chi connectivity index (χ0v) is 10.7. The summed E-state index contributed by atoms with van der Waals surface area (Å²) in [7, 11) is 0. The molecule has 0 aromatic heterocycles. The first-order chi connectivity index (χ1) is 8.51. The van der Waals surface area contributed by atoms with E-state index in [0.29, 0.717) is 25.1 Å². The molecule has 0 fully saturated rings. The van der Waals surface area contributed by atoms with E-state index in [9.17, 15) is 9.18 Å². The fraction of sp³-hybridized carbons (Fsp3) is 0.462. The highest BCUT2D eigenvalue weighted by atomic mass is 19.1. The van der Waals surface area contributed by atoms with E-state index in [1.807, 2.05) is 6.92 Å². The quantitative estimate of drug-likeness (QED) is 0.784. The normalized spacial score (nSPS) is 10.4. The van der Waals surface area contributed by atoms with Crippen LogP contribution in [0.2, 0.25) is 0 Å². The average molecular weight is 254 g/mol. The molecule has 1 aromatic carbocycles. The first kappa shape index (κ1) is 14.4. The summed E-state index contributed by atoms with van der Waals surface area (Å²) in [5.74, 6) is -0.742. The molecule has 0 bridgehead atoms. The number of nitrogens with zero attached hydrogens (tertiary/aromatic N) is 1. The Labute approximate surface area is 106 Å². The van der Waals surface area contributed by atoms with Crippen molar-refractivity contribution in [2.24, 2.45) is 0 Å². The molecule has 0 radical (unpaired) electrons. The van der Waals surface area contributed by atoms with Crippen molar-refractivity contribution in [3.63, 3.8) is 0 Å². The topological polar surface area (TPSA) is 66.6 Å². The SMILES string of the molecule is CCN(CCCO)C(=O)c1cc(N)c(C)c(F)c1. The summed E-state index contributed by atoms with van der Waals surface area (Å²) < 4.78 is 13.5. The van der Waals surface area contributed by atoms with Crippen molar-refractivity contribution < 1.29 is 14.3 Å². The van der Waals surface area contributed by atoms with Gasteiger partial charge >= 0.3 is 0 Å². The molecule has 4 nitrogen and oxygen atoms in total. The van der Waals surface area contributed by atoms with Crippen molar-refractivity contribution in [2.45, 2.75) is 20.3 Å². The lowest BCUT2D eigenvalue weighted by atomic mass is 10.1. The minimum absolute atomic E-state index is 0.0220. The van der Waals surface area contributed by atoms with Gasteiger partial charge in [-0.3, -0.25) is 4.79 Å².